The number of carbonyl (C=O) groups excluding carboxylic acids is 1. The number of aromatic nitrogens is 3. The van der Waals surface area contributed by atoms with Crippen molar-refractivity contribution in [2.75, 3.05) is 42.5 Å². The zero-order valence-electron chi connectivity index (χ0n) is 21.9. The molecule has 38 heavy (non-hydrogen) atoms. The average Bonchev–Trinajstić information content (AvgIpc) is 2.87. The highest BCUT2D eigenvalue weighted by Gasteiger charge is 2.46. The van der Waals surface area contributed by atoms with Crippen LogP contribution in [0.25, 0.3) is 16.7 Å². The first-order valence-electron chi connectivity index (χ1n) is 13.1. The van der Waals surface area contributed by atoms with Crippen molar-refractivity contribution in [3.8, 4) is 5.69 Å². The Morgan fingerprint density at radius 1 is 1.34 bits per heavy atom. The molecule has 0 saturated carbocycles. The van der Waals surface area contributed by atoms with E-state index < -0.39 is 5.67 Å². The fraction of sp³-hybridized carbons (Fsp3) is 0.429. The van der Waals surface area contributed by atoms with Crippen molar-refractivity contribution >= 4 is 40.2 Å². The number of halogens is 2. The van der Waals surface area contributed by atoms with E-state index in [0.717, 1.165) is 28.6 Å². The van der Waals surface area contributed by atoms with Crippen molar-refractivity contribution in [3.63, 3.8) is 0 Å². The van der Waals surface area contributed by atoms with Gasteiger partial charge >= 0.3 is 5.69 Å². The summed E-state index contributed by atoms with van der Waals surface area (Å²) in [7, 11) is 0. The number of alkyl halides is 1. The number of benzene rings is 1. The SMILES string of the molecule is C=CC(=O)N1CCN(c2nc(=O)n3c4c2cc(Cl)c(N2CC(C)(F)C2)[n+]4Cc2cccc(CC)c2-3)[C@@H](C)C1. The fourth-order valence-corrected chi connectivity index (χ4v) is 6.57. The Kier molecular flexibility index (Phi) is 5.75. The Morgan fingerprint density at radius 2 is 2.11 bits per heavy atom. The Morgan fingerprint density at radius 3 is 2.76 bits per heavy atom. The van der Waals surface area contributed by atoms with Crippen LogP contribution in [0.2, 0.25) is 5.02 Å². The molecular weight excluding hydrogens is 507 g/mol. The van der Waals surface area contributed by atoms with Gasteiger partial charge in [0, 0.05) is 31.2 Å². The molecule has 10 heteroatoms. The lowest BCUT2D eigenvalue weighted by atomic mass is 9.98. The molecular formula is C28H31ClFN6O2+. The molecule has 1 aromatic carbocycles. The van der Waals surface area contributed by atoms with Crippen molar-refractivity contribution in [1.82, 2.24) is 14.5 Å². The minimum absolute atomic E-state index is 0.0745. The van der Waals surface area contributed by atoms with E-state index in [4.69, 9.17) is 11.6 Å². The summed E-state index contributed by atoms with van der Waals surface area (Å²) < 4.78 is 18.3. The monoisotopic (exact) mass is 537 g/mol. The fourth-order valence-electron chi connectivity index (χ4n) is 6.24. The van der Waals surface area contributed by atoms with Crippen molar-refractivity contribution in [3.05, 3.63) is 63.6 Å². The molecule has 1 amide bonds. The number of hydrogen-bond acceptors (Lipinski definition) is 5. The normalized spacial score (nSPS) is 19.8. The summed E-state index contributed by atoms with van der Waals surface area (Å²) >= 11 is 6.94. The molecule has 1 atom stereocenters. The van der Waals surface area contributed by atoms with E-state index in [1.54, 1.807) is 16.4 Å². The van der Waals surface area contributed by atoms with E-state index in [2.05, 4.69) is 23.4 Å². The molecule has 2 aromatic heterocycles. The lowest BCUT2D eigenvalue weighted by Crippen LogP contribution is -2.62. The predicted octanol–water partition coefficient (Wildman–Crippen LogP) is 3.02. The average molecular weight is 538 g/mol. The number of amides is 1. The lowest BCUT2D eigenvalue weighted by molar-refractivity contribution is -0.654. The molecule has 0 spiro atoms. The minimum Gasteiger partial charge on any atom is -0.349 e. The Hall–Kier alpha value is -3.46. The standard InChI is InChI=1S/C28H31ClFN6O2/c1-5-18-8-7-9-19-14-35-25-20(12-21(29)26(35)33-15-28(4,30)16-33)24(31-27(38)36(25)23(18)19)34-11-10-32(13-17(34)3)22(37)6-2/h6-9,12,17H,2,5,10-11,13-16H2,1,3-4H3/q+1/t17-/m0/s1. The van der Waals surface area contributed by atoms with Gasteiger partial charge in [0.05, 0.1) is 5.39 Å². The van der Waals surface area contributed by atoms with Crippen LogP contribution in [-0.2, 0) is 17.8 Å². The van der Waals surface area contributed by atoms with Crippen LogP contribution in [0.4, 0.5) is 16.0 Å². The lowest BCUT2D eigenvalue weighted by Gasteiger charge is -2.41. The zero-order chi connectivity index (χ0) is 26.9. The van der Waals surface area contributed by atoms with E-state index in [9.17, 15) is 14.0 Å². The van der Waals surface area contributed by atoms with Crippen LogP contribution in [0.15, 0.2) is 41.7 Å². The summed E-state index contributed by atoms with van der Waals surface area (Å²) in [5.74, 6) is 1.15. The third kappa shape index (κ3) is 3.70. The number of piperazine rings is 1. The summed E-state index contributed by atoms with van der Waals surface area (Å²) in [6.07, 6.45) is 2.09. The van der Waals surface area contributed by atoms with Gasteiger partial charge in [0.2, 0.25) is 17.4 Å². The summed E-state index contributed by atoms with van der Waals surface area (Å²) in [5.41, 5.74) is 1.98. The largest absolute Gasteiger partial charge is 0.412 e. The molecule has 0 aliphatic carbocycles. The van der Waals surface area contributed by atoms with E-state index >= 15 is 0 Å². The van der Waals surface area contributed by atoms with Gasteiger partial charge in [-0.25, -0.2) is 13.8 Å². The van der Waals surface area contributed by atoms with Crippen LogP contribution in [0.1, 0.15) is 31.9 Å². The summed E-state index contributed by atoms with van der Waals surface area (Å²) in [5, 5.41) is 1.25. The van der Waals surface area contributed by atoms with Crippen molar-refractivity contribution in [2.45, 2.75) is 45.4 Å². The van der Waals surface area contributed by atoms with Gasteiger partial charge in [-0.05, 0) is 38.0 Å². The number of hydrogen-bond donors (Lipinski definition) is 0. The molecule has 2 fully saturated rings. The molecule has 0 unspecified atom stereocenters. The topological polar surface area (TPSA) is 65.6 Å². The molecule has 198 valence electrons. The van der Waals surface area contributed by atoms with E-state index in [-0.39, 0.29) is 30.7 Å². The number of fused-ring (bicyclic) bond motifs is 2. The number of nitrogens with zero attached hydrogens (tertiary/aromatic N) is 6. The summed E-state index contributed by atoms with van der Waals surface area (Å²) in [6, 6.07) is 7.86. The van der Waals surface area contributed by atoms with Gasteiger partial charge < -0.3 is 9.80 Å². The van der Waals surface area contributed by atoms with E-state index in [1.807, 2.05) is 40.7 Å². The molecule has 5 heterocycles. The molecule has 3 aliphatic heterocycles. The first-order valence-corrected chi connectivity index (χ1v) is 13.4. The summed E-state index contributed by atoms with van der Waals surface area (Å²) in [4.78, 5) is 36.5. The number of rotatable bonds is 4. The number of anilines is 2. The first-order chi connectivity index (χ1) is 18.1. The third-order valence-corrected chi connectivity index (χ3v) is 8.22. The Balaban J connectivity index is 1.59. The van der Waals surface area contributed by atoms with Gasteiger partial charge in [0.25, 0.3) is 0 Å². The maximum atomic E-state index is 14.6. The second kappa shape index (κ2) is 8.80. The van der Waals surface area contributed by atoms with Crippen molar-refractivity contribution in [2.24, 2.45) is 0 Å². The van der Waals surface area contributed by atoms with E-state index in [0.29, 0.717) is 48.5 Å². The van der Waals surface area contributed by atoms with Crippen LogP contribution >= 0.6 is 11.6 Å². The highest BCUT2D eigenvalue weighted by Crippen LogP contribution is 2.39. The summed E-state index contributed by atoms with van der Waals surface area (Å²) in [6.45, 7) is 11.8. The van der Waals surface area contributed by atoms with Gasteiger partial charge in [0.15, 0.2) is 5.67 Å². The molecule has 8 nitrogen and oxygen atoms in total. The van der Waals surface area contributed by atoms with Crippen LogP contribution in [0.5, 0.6) is 0 Å². The van der Waals surface area contributed by atoms with Gasteiger partial charge in [-0.15, -0.1) is 0 Å². The van der Waals surface area contributed by atoms with Crippen molar-refractivity contribution in [1.29, 1.82) is 0 Å². The highest BCUT2D eigenvalue weighted by atomic mass is 35.5. The van der Waals surface area contributed by atoms with Crippen LogP contribution in [0.3, 0.4) is 0 Å². The number of para-hydroxylation sites is 1. The second-order valence-corrected chi connectivity index (χ2v) is 11.2. The van der Waals surface area contributed by atoms with Crippen LogP contribution < -0.4 is 20.1 Å². The number of aryl methyl sites for hydroxylation is 1. The maximum absolute atomic E-state index is 14.6. The molecule has 3 aliphatic rings. The number of pyridine rings is 1. The van der Waals surface area contributed by atoms with Crippen LogP contribution in [-0.4, -0.2) is 64.8 Å². The predicted molar refractivity (Wildman–Crippen MR) is 146 cm³/mol. The molecule has 3 aromatic rings. The molecule has 0 N–H and O–H groups in total. The maximum Gasteiger partial charge on any atom is 0.412 e. The van der Waals surface area contributed by atoms with Crippen LogP contribution in [0, 0.1) is 0 Å². The molecule has 2 saturated heterocycles. The quantitative estimate of drug-likeness (QED) is 0.296. The van der Waals surface area contributed by atoms with Gasteiger partial charge in [0.1, 0.15) is 36.2 Å². The first kappa shape index (κ1) is 24.9. The Labute approximate surface area is 225 Å². The zero-order valence-corrected chi connectivity index (χ0v) is 22.6. The minimum atomic E-state index is -1.28. The van der Waals surface area contributed by atoms with Crippen molar-refractivity contribution < 1.29 is 13.8 Å². The molecule has 0 radical (unpaired) electrons. The van der Waals surface area contributed by atoms with Gasteiger partial charge in [-0.2, -0.15) is 9.55 Å². The van der Waals surface area contributed by atoms with E-state index in [1.165, 1.54) is 6.08 Å². The smallest absolute Gasteiger partial charge is 0.349 e. The van der Waals surface area contributed by atoms with Gasteiger partial charge in [-0.3, -0.25) is 9.69 Å². The van der Waals surface area contributed by atoms with Gasteiger partial charge in [-0.1, -0.05) is 43.3 Å². The Bertz CT molecular complexity index is 1560. The highest BCUT2D eigenvalue weighted by molar-refractivity contribution is 6.33. The third-order valence-electron chi connectivity index (χ3n) is 7.95. The molecule has 6 rings (SSSR count). The second-order valence-electron chi connectivity index (χ2n) is 10.8. The molecule has 0 bridgehead atoms. The number of carbonyl (C=O) groups is 1.